The zero-order valence-electron chi connectivity index (χ0n) is 12.0. The minimum absolute atomic E-state index is 0.189. The number of rotatable bonds is 6. The molecule has 22 heavy (non-hydrogen) atoms. The first-order valence-electron chi connectivity index (χ1n) is 6.64. The lowest BCUT2D eigenvalue weighted by Gasteiger charge is -2.15. The van der Waals surface area contributed by atoms with Crippen molar-refractivity contribution >= 4 is 17.6 Å². The molecule has 1 aromatic heterocycles. The predicted octanol–water partition coefficient (Wildman–Crippen LogP) is -0.184. The molecule has 0 bridgehead atoms. The molecule has 114 valence electrons. The second-order valence-electron chi connectivity index (χ2n) is 4.85. The van der Waals surface area contributed by atoms with E-state index in [9.17, 15) is 14.4 Å². The minimum Gasteiger partial charge on any atom is -0.363 e. The molecule has 7 nitrogen and oxygen atoms in total. The molecule has 0 aliphatic carbocycles. The number of hydrogen-bond acceptors (Lipinski definition) is 4. The SMILES string of the molecule is Cn1cc(C(=O)NC(Cc2ccccc2)C(=O)C(N)=O)cn1. The summed E-state index contributed by atoms with van der Waals surface area (Å²) in [5.41, 5.74) is 6.17. The van der Waals surface area contributed by atoms with E-state index in [2.05, 4.69) is 10.4 Å². The van der Waals surface area contributed by atoms with E-state index in [0.717, 1.165) is 5.56 Å². The fraction of sp³-hybridized carbons (Fsp3) is 0.200. The van der Waals surface area contributed by atoms with Crippen molar-refractivity contribution in [1.82, 2.24) is 15.1 Å². The number of ketones is 1. The number of carbonyl (C=O) groups excluding carboxylic acids is 3. The Kier molecular flexibility index (Phi) is 4.67. The molecular formula is C15H16N4O3. The number of amides is 2. The molecule has 2 amide bonds. The largest absolute Gasteiger partial charge is 0.363 e. The van der Waals surface area contributed by atoms with Crippen molar-refractivity contribution < 1.29 is 14.4 Å². The van der Waals surface area contributed by atoms with E-state index in [4.69, 9.17) is 5.73 Å². The highest BCUT2D eigenvalue weighted by molar-refractivity contribution is 6.38. The highest BCUT2D eigenvalue weighted by Crippen LogP contribution is 2.06. The minimum atomic E-state index is -1.08. The van der Waals surface area contributed by atoms with E-state index < -0.39 is 23.6 Å². The fourth-order valence-corrected chi connectivity index (χ4v) is 2.01. The molecule has 3 N–H and O–H groups in total. The predicted molar refractivity (Wildman–Crippen MR) is 78.8 cm³/mol. The monoisotopic (exact) mass is 300 g/mol. The smallest absolute Gasteiger partial charge is 0.287 e. The van der Waals surface area contributed by atoms with Gasteiger partial charge in [-0.3, -0.25) is 19.1 Å². The lowest BCUT2D eigenvalue weighted by Crippen LogP contribution is -2.47. The van der Waals surface area contributed by atoms with Crippen LogP contribution in [0.2, 0.25) is 0 Å². The number of aromatic nitrogens is 2. The second kappa shape index (κ2) is 6.66. The number of nitrogens with zero attached hydrogens (tertiary/aromatic N) is 2. The maximum atomic E-state index is 12.1. The van der Waals surface area contributed by atoms with Crippen molar-refractivity contribution in [3.05, 3.63) is 53.9 Å². The summed E-state index contributed by atoms with van der Waals surface area (Å²) in [6.45, 7) is 0. The van der Waals surface area contributed by atoms with Gasteiger partial charge in [0.25, 0.3) is 11.8 Å². The standard InChI is InChI=1S/C15H16N4O3/c1-19-9-11(8-17-19)15(22)18-12(13(20)14(16)21)7-10-5-3-2-4-6-10/h2-6,8-9,12H,7H2,1H3,(H2,16,21)(H,18,22). The molecule has 2 aromatic rings. The van der Waals surface area contributed by atoms with Crippen LogP contribution in [0.15, 0.2) is 42.7 Å². The summed E-state index contributed by atoms with van der Waals surface area (Å²) in [5.74, 6) is -2.39. The van der Waals surface area contributed by atoms with Gasteiger partial charge >= 0.3 is 0 Å². The van der Waals surface area contributed by atoms with Gasteiger partial charge in [-0.2, -0.15) is 5.10 Å². The van der Waals surface area contributed by atoms with E-state index in [0.29, 0.717) is 5.56 Å². The van der Waals surface area contributed by atoms with E-state index in [1.54, 1.807) is 19.2 Å². The van der Waals surface area contributed by atoms with Gasteiger partial charge in [0.1, 0.15) is 6.04 Å². The zero-order valence-corrected chi connectivity index (χ0v) is 12.0. The Bertz CT molecular complexity index is 694. The Hall–Kier alpha value is -2.96. The van der Waals surface area contributed by atoms with Crippen molar-refractivity contribution in [2.45, 2.75) is 12.5 Å². The van der Waals surface area contributed by atoms with Crippen LogP contribution < -0.4 is 11.1 Å². The van der Waals surface area contributed by atoms with Crippen LogP contribution in [-0.4, -0.2) is 33.4 Å². The summed E-state index contributed by atoms with van der Waals surface area (Å²) in [5, 5.41) is 6.42. The molecule has 2 rings (SSSR count). The molecule has 1 atom stereocenters. The molecule has 1 heterocycles. The Morgan fingerprint density at radius 1 is 1.27 bits per heavy atom. The highest BCUT2D eigenvalue weighted by atomic mass is 16.2. The third-order valence-electron chi connectivity index (χ3n) is 3.11. The van der Waals surface area contributed by atoms with Crippen molar-refractivity contribution in [1.29, 1.82) is 0 Å². The van der Waals surface area contributed by atoms with Crippen LogP contribution in [0.3, 0.4) is 0 Å². The van der Waals surface area contributed by atoms with Crippen molar-refractivity contribution in [2.24, 2.45) is 12.8 Å². The Balaban J connectivity index is 2.16. The summed E-state index contributed by atoms with van der Waals surface area (Å²) in [7, 11) is 1.67. The molecule has 0 saturated heterocycles. The first kappa shape index (κ1) is 15.4. The van der Waals surface area contributed by atoms with Gasteiger partial charge in [-0.1, -0.05) is 30.3 Å². The van der Waals surface area contributed by atoms with Crippen molar-refractivity contribution in [3.63, 3.8) is 0 Å². The maximum absolute atomic E-state index is 12.1. The third-order valence-corrected chi connectivity index (χ3v) is 3.11. The van der Waals surface area contributed by atoms with Crippen LogP contribution >= 0.6 is 0 Å². The molecule has 0 radical (unpaired) electrons. The molecule has 0 aliphatic heterocycles. The molecule has 0 spiro atoms. The number of primary amides is 1. The molecule has 0 fully saturated rings. The van der Waals surface area contributed by atoms with Crippen LogP contribution in [0.5, 0.6) is 0 Å². The normalized spacial score (nSPS) is 11.7. The number of Topliss-reactive ketones (excluding diaryl/α,β-unsaturated/α-hetero) is 1. The van der Waals surface area contributed by atoms with Crippen LogP contribution in [0.4, 0.5) is 0 Å². The average molecular weight is 300 g/mol. The van der Waals surface area contributed by atoms with E-state index in [1.165, 1.54) is 17.1 Å². The fourth-order valence-electron chi connectivity index (χ4n) is 2.01. The van der Waals surface area contributed by atoms with Gasteiger partial charge in [-0.25, -0.2) is 0 Å². The summed E-state index contributed by atoms with van der Waals surface area (Å²) in [4.78, 5) is 35.2. The van der Waals surface area contributed by atoms with Gasteiger partial charge in [0.2, 0.25) is 5.78 Å². The molecule has 0 saturated carbocycles. The Morgan fingerprint density at radius 3 is 2.50 bits per heavy atom. The summed E-state index contributed by atoms with van der Waals surface area (Å²) < 4.78 is 1.47. The van der Waals surface area contributed by atoms with Crippen LogP contribution in [-0.2, 0) is 23.1 Å². The number of nitrogens with one attached hydrogen (secondary N) is 1. The van der Waals surface area contributed by atoms with Gasteiger partial charge in [-0.15, -0.1) is 0 Å². The molecular weight excluding hydrogens is 284 g/mol. The number of benzene rings is 1. The third kappa shape index (κ3) is 3.78. The Morgan fingerprint density at radius 2 is 1.95 bits per heavy atom. The van der Waals surface area contributed by atoms with Gasteiger partial charge in [-0.05, 0) is 5.56 Å². The van der Waals surface area contributed by atoms with Gasteiger partial charge in [0, 0.05) is 19.7 Å². The maximum Gasteiger partial charge on any atom is 0.287 e. The molecule has 7 heteroatoms. The second-order valence-corrected chi connectivity index (χ2v) is 4.85. The first-order chi connectivity index (χ1) is 10.5. The topological polar surface area (TPSA) is 107 Å². The Labute approximate surface area is 127 Å². The van der Waals surface area contributed by atoms with E-state index >= 15 is 0 Å². The molecule has 1 unspecified atom stereocenters. The average Bonchev–Trinajstić information content (AvgIpc) is 2.93. The van der Waals surface area contributed by atoms with E-state index in [1.807, 2.05) is 18.2 Å². The number of carbonyl (C=O) groups is 3. The van der Waals surface area contributed by atoms with Crippen molar-refractivity contribution in [2.75, 3.05) is 0 Å². The zero-order chi connectivity index (χ0) is 16.1. The number of nitrogens with two attached hydrogens (primary N) is 1. The lowest BCUT2D eigenvalue weighted by atomic mass is 10.0. The summed E-state index contributed by atoms with van der Waals surface area (Å²) in [6, 6.07) is 8.05. The van der Waals surface area contributed by atoms with Gasteiger partial charge < -0.3 is 11.1 Å². The number of hydrogen-bond donors (Lipinski definition) is 2. The van der Waals surface area contributed by atoms with E-state index in [-0.39, 0.29) is 6.42 Å². The van der Waals surface area contributed by atoms with Gasteiger partial charge in [0.15, 0.2) is 0 Å². The van der Waals surface area contributed by atoms with Crippen LogP contribution in [0.1, 0.15) is 15.9 Å². The summed E-state index contributed by atoms with van der Waals surface area (Å²) in [6.07, 6.45) is 3.09. The lowest BCUT2D eigenvalue weighted by molar-refractivity contribution is -0.137. The summed E-state index contributed by atoms with van der Waals surface area (Å²) >= 11 is 0. The van der Waals surface area contributed by atoms with Crippen molar-refractivity contribution in [3.8, 4) is 0 Å². The number of aryl methyl sites for hydroxylation is 1. The quantitative estimate of drug-likeness (QED) is 0.721. The van der Waals surface area contributed by atoms with Crippen LogP contribution in [0.25, 0.3) is 0 Å². The first-order valence-corrected chi connectivity index (χ1v) is 6.64. The molecule has 1 aromatic carbocycles. The molecule has 0 aliphatic rings. The van der Waals surface area contributed by atoms with Gasteiger partial charge in [0.05, 0.1) is 11.8 Å². The highest BCUT2D eigenvalue weighted by Gasteiger charge is 2.26. The van der Waals surface area contributed by atoms with Crippen LogP contribution in [0, 0.1) is 0 Å².